The summed E-state index contributed by atoms with van der Waals surface area (Å²) in [6.07, 6.45) is 5.04. The lowest BCUT2D eigenvalue weighted by Crippen LogP contribution is -2.36. The third-order valence-corrected chi connectivity index (χ3v) is 8.90. The predicted octanol–water partition coefficient (Wildman–Crippen LogP) is 3.81. The number of nitrogens with one attached hydrogen (secondary N) is 1. The van der Waals surface area contributed by atoms with Crippen LogP contribution in [0.4, 0.5) is 11.4 Å². The Morgan fingerprint density at radius 3 is 2.61 bits per heavy atom. The molecular formula is C26H25N3O6S. The van der Waals surface area contributed by atoms with Crippen molar-refractivity contribution in [1.82, 2.24) is 4.98 Å². The van der Waals surface area contributed by atoms with Gasteiger partial charge in [-0.2, -0.15) is 0 Å². The highest BCUT2D eigenvalue weighted by Gasteiger charge is 2.46. The fourth-order valence-electron chi connectivity index (χ4n) is 4.49. The minimum atomic E-state index is -3.89. The first-order valence-corrected chi connectivity index (χ1v) is 12.8. The fraction of sp³-hybridized carbons (Fsp3) is 0.231. The van der Waals surface area contributed by atoms with Gasteiger partial charge < -0.3 is 25.3 Å². The number of ether oxygens (including phenoxy) is 3. The van der Waals surface area contributed by atoms with Gasteiger partial charge in [0, 0.05) is 11.8 Å². The molecule has 9 nitrogen and oxygen atoms in total. The molecule has 2 aromatic carbocycles. The van der Waals surface area contributed by atoms with Crippen molar-refractivity contribution < 1.29 is 27.4 Å². The van der Waals surface area contributed by atoms with Crippen LogP contribution >= 0.6 is 0 Å². The second-order valence-electron chi connectivity index (χ2n) is 8.64. The number of sulfone groups is 1. The number of hydrogen-bond donors (Lipinski definition) is 2. The third kappa shape index (κ3) is 3.74. The van der Waals surface area contributed by atoms with Gasteiger partial charge in [-0.15, -0.1) is 0 Å². The van der Waals surface area contributed by atoms with Crippen LogP contribution in [0.2, 0.25) is 0 Å². The minimum Gasteiger partial charge on any atom is -0.497 e. The molecule has 186 valence electrons. The van der Waals surface area contributed by atoms with Crippen LogP contribution < -0.4 is 25.3 Å². The van der Waals surface area contributed by atoms with Crippen LogP contribution in [-0.2, 0) is 14.6 Å². The number of amides is 1. The molecule has 3 aromatic rings. The molecule has 0 fully saturated rings. The van der Waals surface area contributed by atoms with E-state index in [0.717, 1.165) is 0 Å². The first-order chi connectivity index (χ1) is 17.3. The number of nitrogens with zero attached hydrogens (tertiary/aromatic N) is 1. The Bertz CT molecular complexity index is 1480. The van der Waals surface area contributed by atoms with Gasteiger partial charge in [0.25, 0.3) is 5.91 Å². The third-order valence-electron chi connectivity index (χ3n) is 6.46. The van der Waals surface area contributed by atoms with Crippen LogP contribution in [0.25, 0.3) is 6.08 Å². The van der Waals surface area contributed by atoms with E-state index in [1.165, 1.54) is 25.4 Å². The van der Waals surface area contributed by atoms with Crippen LogP contribution in [0.15, 0.2) is 59.6 Å². The van der Waals surface area contributed by atoms with Crippen molar-refractivity contribution in [2.75, 3.05) is 25.6 Å². The molecule has 0 saturated carbocycles. The van der Waals surface area contributed by atoms with Crippen LogP contribution in [0.3, 0.4) is 0 Å². The second kappa shape index (κ2) is 8.87. The Morgan fingerprint density at radius 1 is 1.14 bits per heavy atom. The predicted molar refractivity (Wildman–Crippen MR) is 135 cm³/mol. The topological polar surface area (TPSA) is 130 Å². The average molecular weight is 508 g/mol. The Labute approximate surface area is 208 Å². The largest absolute Gasteiger partial charge is 0.497 e. The summed E-state index contributed by atoms with van der Waals surface area (Å²) in [7, 11) is -2.38. The van der Waals surface area contributed by atoms with Crippen molar-refractivity contribution in [3.8, 4) is 17.2 Å². The van der Waals surface area contributed by atoms with E-state index in [9.17, 15) is 13.2 Å². The summed E-state index contributed by atoms with van der Waals surface area (Å²) in [5, 5.41) is 3.25. The van der Waals surface area contributed by atoms with Gasteiger partial charge in [0.15, 0.2) is 21.3 Å². The summed E-state index contributed by atoms with van der Waals surface area (Å²) in [5.41, 5.74) is 7.49. The van der Waals surface area contributed by atoms with Crippen molar-refractivity contribution >= 4 is 33.2 Å². The standard InChI is InChI=1S/C26H25N3O6S/c1-26(36(31,32)17-10-8-16(33-2)9-11-17)12-4-5-18-22(19(25(27)30)15-28-24(18)26)29-20-6-3-7-21-23(20)35-14-13-34-21/h3-11,15H,12-14H2,1-2H3,(H2,27,30)(H,28,29). The number of benzene rings is 2. The van der Waals surface area contributed by atoms with Gasteiger partial charge in [-0.3, -0.25) is 9.78 Å². The zero-order valence-electron chi connectivity index (χ0n) is 19.8. The zero-order chi connectivity index (χ0) is 25.5. The molecule has 1 aliphatic carbocycles. The Kier molecular flexibility index (Phi) is 5.83. The number of para-hydroxylation sites is 1. The molecule has 1 unspecified atom stereocenters. The van der Waals surface area contributed by atoms with Crippen molar-refractivity contribution in [2.24, 2.45) is 5.73 Å². The molecule has 36 heavy (non-hydrogen) atoms. The normalized spacial score (nSPS) is 18.3. The van der Waals surface area contributed by atoms with E-state index in [4.69, 9.17) is 19.9 Å². The van der Waals surface area contributed by atoms with E-state index in [-0.39, 0.29) is 16.9 Å². The molecule has 5 rings (SSSR count). The Morgan fingerprint density at radius 2 is 1.89 bits per heavy atom. The van der Waals surface area contributed by atoms with Crippen molar-refractivity contribution in [1.29, 1.82) is 0 Å². The number of nitrogens with two attached hydrogens (primary N) is 1. The summed E-state index contributed by atoms with van der Waals surface area (Å²) in [6, 6.07) is 11.6. The highest BCUT2D eigenvalue weighted by Crippen LogP contribution is 2.46. The first-order valence-electron chi connectivity index (χ1n) is 11.3. The monoisotopic (exact) mass is 507 g/mol. The molecule has 1 aromatic heterocycles. The highest BCUT2D eigenvalue weighted by molar-refractivity contribution is 7.92. The highest BCUT2D eigenvalue weighted by atomic mass is 32.2. The molecular weight excluding hydrogens is 482 g/mol. The molecule has 2 heterocycles. The van der Waals surface area contributed by atoms with E-state index in [0.29, 0.717) is 53.1 Å². The van der Waals surface area contributed by atoms with Crippen LogP contribution in [-0.4, -0.2) is 39.6 Å². The van der Waals surface area contributed by atoms with Crippen molar-refractivity contribution in [3.05, 3.63) is 71.6 Å². The number of rotatable bonds is 6. The first kappa shape index (κ1) is 23.7. The van der Waals surface area contributed by atoms with Gasteiger partial charge in [0.2, 0.25) is 0 Å². The summed E-state index contributed by atoms with van der Waals surface area (Å²) >= 11 is 0. The lowest BCUT2D eigenvalue weighted by atomic mass is 9.90. The van der Waals surface area contributed by atoms with E-state index in [2.05, 4.69) is 10.3 Å². The average Bonchev–Trinajstić information content (AvgIpc) is 2.89. The number of carbonyl (C=O) groups excluding carboxylic acids is 1. The summed E-state index contributed by atoms with van der Waals surface area (Å²) < 4.78 is 43.0. The molecule has 1 amide bonds. The molecule has 0 bridgehead atoms. The smallest absolute Gasteiger partial charge is 0.252 e. The van der Waals surface area contributed by atoms with Gasteiger partial charge in [0.1, 0.15) is 23.7 Å². The molecule has 1 atom stereocenters. The van der Waals surface area contributed by atoms with Crippen molar-refractivity contribution in [2.45, 2.75) is 23.0 Å². The number of pyridine rings is 1. The quantitative estimate of drug-likeness (QED) is 0.515. The number of fused-ring (bicyclic) bond motifs is 2. The van der Waals surface area contributed by atoms with Gasteiger partial charge in [-0.25, -0.2) is 8.42 Å². The van der Waals surface area contributed by atoms with E-state index >= 15 is 0 Å². The zero-order valence-corrected chi connectivity index (χ0v) is 20.6. The molecule has 0 saturated heterocycles. The Hall–Kier alpha value is -4.05. The SMILES string of the molecule is COc1ccc(S(=O)(=O)C2(C)CC=Cc3c2ncc(C(N)=O)c3Nc2cccc3c2OCCO3)cc1. The maximum Gasteiger partial charge on any atom is 0.252 e. The summed E-state index contributed by atoms with van der Waals surface area (Å²) in [4.78, 5) is 17.0. The van der Waals surface area contributed by atoms with E-state index in [1.54, 1.807) is 49.4 Å². The van der Waals surface area contributed by atoms with Gasteiger partial charge in [-0.1, -0.05) is 18.2 Å². The van der Waals surface area contributed by atoms with Gasteiger partial charge in [-0.05, 0) is 49.7 Å². The summed E-state index contributed by atoms with van der Waals surface area (Å²) in [5.74, 6) is 0.917. The van der Waals surface area contributed by atoms with E-state index < -0.39 is 20.5 Å². The van der Waals surface area contributed by atoms with Crippen LogP contribution in [0.1, 0.15) is 35.0 Å². The van der Waals surface area contributed by atoms with E-state index in [1.807, 2.05) is 0 Å². The molecule has 1 aliphatic heterocycles. The second-order valence-corrected chi connectivity index (χ2v) is 11.0. The maximum absolute atomic E-state index is 13.9. The molecule has 0 spiro atoms. The molecule has 10 heteroatoms. The Balaban J connectivity index is 1.66. The van der Waals surface area contributed by atoms with Gasteiger partial charge in [0.05, 0.1) is 34.6 Å². The van der Waals surface area contributed by atoms with Crippen LogP contribution in [0.5, 0.6) is 17.2 Å². The van der Waals surface area contributed by atoms with Crippen molar-refractivity contribution in [3.63, 3.8) is 0 Å². The maximum atomic E-state index is 13.9. The molecule has 3 N–H and O–H groups in total. The fourth-order valence-corrected chi connectivity index (χ4v) is 6.24. The lowest BCUT2D eigenvalue weighted by Gasteiger charge is -2.33. The molecule has 2 aliphatic rings. The lowest BCUT2D eigenvalue weighted by molar-refractivity contribution is 0.100. The minimum absolute atomic E-state index is 0.124. The van der Waals surface area contributed by atoms with Gasteiger partial charge >= 0.3 is 0 Å². The number of carbonyl (C=O) groups is 1. The number of methoxy groups -OCH3 is 1. The number of primary amides is 1. The number of allylic oxidation sites excluding steroid dienone is 1. The van der Waals surface area contributed by atoms with Crippen LogP contribution in [0, 0.1) is 0 Å². The molecule has 0 radical (unpaired) electrons. The summed E-state index contributed by atoms with van der Waals surface area (Å²) in [6.45, 7) is 2.44. The number of anilines is 2. The number of aromatic nitrogens is 1. The number of hydrogen-bond acceptors (Lipinski definition) is 8.